The normalized spacial score (nSPS) is 10.9. The fraction of sp³-hybridized carbons (Fsp3) is 0.455. The summed E-state index contributed by atoms with van der Waals surface area (Å²) in [7, 11) is 0. The summed E-state index contributed by atoms with van der Waals surface area (Å²) in [5.74, 6) is -0.526. The number of aliphatic hydroxyl groups excluding tert-OH is 1. The van der Waals surface area contributed by atoms with Gasteiger partial charge in [0.2, 0.25) is 0 Å². The molecule has 3 N–H and O–H groups in total. The van der Waals surface area contributed by atoms with Crippen molar-refractivity contribution >= 4 is 5.69 Å². The van der Waals surface area contributed by atoms with Crippen LogP contribution in [-0.2, 0) is 6.54 Å². The molecule has 0 atom stereocenters. The standard InChI is InChI=1S/C11H15F3N2O/c12-10-5-9(2-1-8(10)6-15)16(3-4-17)7-11(13)14/h1-2,5,11,17H,3-4,6-7,15H2. The van der Waals surface area contributed by atoms with Crippen LogP contribution in [-0.4, -0.2) is 31.2 Å². The first-order chi connectivity index (χ1) is 8.08. The van der Waals surface area contributed by atoms with E-state index in [2.05, 4.69) is 0 Å². The largest absolute Gasteiger partial charge is 0.395 e. The van der Waals surface area contributed by atoms with Crippen LogP contribution >= 0.6 is 0 Å². The molecule has 6 heteroatoms. The van der Waals surface area contributed by atoms with Gasteiger partial charge in [-0.2, -0.15) is 0 Å². The summed E-state index contributed by atoms with van der Waals surface area (Å²) in [4.78, 5) is 1.23. The molecule has 0 amide bonds. The van der Waals surface area contributed by atoms with Gasteiger partial charge >= 0.3 is 0 Å². The molecule has 0 bridgehead atoms. The van der Waals surface area contributed by atoms with Crippen molar-refractivity contribution in [3.05, 3.63) is 29.6 Å². The summed E-state index contributed by atoms with van der Waals surface area (Å²) in [6.45, 7) is -0.721. The number of benzene rings is 1. The molecule has 0 unspecified atom stereocenters. The summed E-state index contributed by atoms with van der Waals surface area (Å²) in [5.41, 5.74) is 5.95. The fourth-order valence-electron chi connectivity index (χ4n) is 1.51. The minimum Gasteiger partial charge on any atom is -0.395 e. The maximum Gasteiger partial charge on any atom is 0.255 e. The van der Waals surface area contributed by atoms with E-state index < -0.39 is 18.8 Å². The van der Waals surface area contributed by atoms with Gasteiger partial charge in [-0.25, -0.2) is 13.2 Å². The Labute approximate surface area is 97.6 Å². The first-order valence-electron chi connectivity index (χ1n) is 5.21. The Morgan fingerprint density at radius 2 is 2.06 bits per heavy atom. The highest BCUT2D eigenvalue weighted by atomic mass is 19.3. The molecule has 1 rings (SSSR count). The Morgan fingerprint density at radius 1 is 1.35 bits per heavy atom. The lowest BCUT2D eigenvalue weighted by atomic mass is 10.2. The van der Waals surface area contributed by atoms with Gasteiger partial charge in [0.1, 0.15) is 5.82 Å². The van der Waals surface area contributed by atoms with Gasteiger partial charge < -0.3 is 15.7 Å². The lowest BCUT2D eigenvalue weighted by Gasteiger charge is -2.23. The van der Waals surface area contributed by atoms with Crippen molar-refractivity contribution in [3.8, 4) is 0 Å². The predicted octanol–water partition coefficient (Wildman–Crippen LogP) is 1.35. The van der Waals surface area contributed by atoms with E-state index in [0.717, 1.165) is 6.07 Å². The van der Waals surface area contributed by atoms with E-state index in [1.807, 2.05) is 0 Å². The summed E-state index contributed by atoms with van der Waals surface area (Å²) in [6, 6.07) is 4.13. The predicted molar refractivity (Wildman–Crippen MR) is 59.6 cm³/mol. The third-order valence-electron chi connectivity index (χ3n) is 2.35. The van der Waals surface area contributed by atoms with Gasteiger partial charge in [0.05, 0.1) is 13.2 Å². The maximum atomic E-state index is 13.4. The highest BCUT2D eigenvalue weighted by Crippen LogP contribution is 2.19. The molecule has 96 valence electrons. The number of nitrogens with zero attached hydrogens (tertiary/aromatic N) is 1. The van der Waals surface area contributed by atoms with Crippen molar-refractivity contribution in [2.75, 3.05) is 24.6 Å². The maximum absolute atomic E-state index is 13.4. The Kier molecular flexibility index (Phi) is 5.24. The molecule has 0 aliphatic rings. The van der Waals surface area contributed by atoms with Gasteiger partial charge in [0.15, 0.2) is 0 Å². The Morgan fingerprint density at radius 3 is 2.53 bits per heavy atom. The molecule has 0 aliphatic heterocycles. The second-order valence-electron chi connectivity index (χ2n) is 3.54. The van der Waals surface area contributed by atoms with Crippen molar-refractivity contribution < 1.29 is 18.3 Å². The van der Waals surface area contributed by atoms with Crippen molar-refractivity contribution in [2.24, 2.45) is 5.73 Å². The average Bonchev–Trinajstić information content (AvgIpc) is 2.28. The quantitative estimate of drug-likeness (QED) is 0.799. The number of hydrogen-bond donors (Lipinski definition) is 2. The van der Waals surface area contributed by atoms with Gasteiger partial charge in [-0.15, -0.1) is 0 Å². The molecular weight excluding hydrogens is 233 g/mol. The molecular formula is C11H15F3N2O. The molecule has 3 nitrogen and oxygen atoms in total. The minimum absolute atomic E-state index is 0.0335. The Balaban J connectivity index is 2.89. The van der Waals surface area contributed by atoms with Gasteiger partial charge in [-0.3, -0.25) is 0 Å². The number of hydrogen-bond acceptors (Lipinski definition) is 3. The molecule has 0 spiro atoms. The van der Waals surface area contributed by atoms with Gasteiger partial charge in [-0.05, 0) is 12.1 Å². The molecule has 0 fully saturated rings. The minimum atomic E-state index is -2.54. The van der Waals surface area contributed by atoms with E-state index >= 15 is 0 Å². The van der Waals surface area contributed by atoms with E-state index in [9.17, 15) is 13.2 Å². The third-order valence-corrected chi connectivity index (χ3v) is 2.35. The fourth-order valence-corrected chi connectivity index (χ4v) is 1.51. The summed E-state index contributed by atoms with van der Waals surface area (Å²) < 4.78 is 38.0. The average molecular weight is 248 g/mol. The van der Waals surface area contributed by atoms with Crippen LogP contribution < -0.4 is 10.6 Å². The summed E-state index contributed by atoms with van der Waals surface area (Å²) in [6.07, 6.45) is -2.54. The number of aliphatic hydroxyl groups is 1. The zero-order valence-corrected chi connectivity index (χ0v) is 9.24. The van der Waals surface area contributed by atoms with E-state index in [1.165, 1.54) is 17.0 Å². The van der Waals surface area contributed by atoms with E-state index in [4.69, 9.17) is 10.8 Å². The van der Waals surface area contributed by atoms with Crippen LogP contribution in [0.1, 0.15) is 5.56 Å². The van der Waals surface area contributed by atoms with Crippen LogP contribution in [0.25, 0.3) is 0 Å². The lowest BCUT2D eigenvalue weighted by molar-refractivity contribution is 0.153. The summed E-state index contributed by atoms with van der Waals surface area (Å²) >= 11 is 0. The van der Waals surface area contributed by atoms with Crippen molar-refractivity contribution in [3.63, 3.8) is 0 Å². The molecule has 0 radical (unpaired) electrons. The highest BCUT2D eigenvalue weighted by molar-refractivity contribution is 5.48. The molecule has 1 aromatic carbocycles. The van der Waals surface area contributed by atoms with Crippen LogP contribution in [0, 0.1) is 5.82 Å². The number of rotatable bonds is 6. The first kappa shape index (κ1) is 13.8. The second-order valence-corrected chi connectivity index (χ2v) is 3.54. The molecule has 0 saturated heterocycles. The molecule has 0 saturated carbocycles. The van der Waals surface area contributed by atoms with E-state index in [0.29, 0.717) is 11.3 Å². The monoisotopic (exact) mass is 248 g/mol. The molecule has 0 heterocycles. The van der Waals surface area contributed by atoms with Crippen LogP contribution in [0.2, 0.25) is 0 Å². The van der Waals surface area contributed by atoms with Crippen LogP contribution in [0.3, 0.4) is 0 Å². The lowest BCUT2D eigenvalue weighted by Crippen LogP contribution is -2.31. The first-order valence-corrected chi connectivity index (χ1v) is 5.21. The Bertz CT molecular complexity index is 361. The highest BCUT2D eigenvalue weighted by Gasteiger charge is 2.13. The number of nitrogens with two attached hydrogens (primary N) is 1. The second kappa shape index (κ2) is 6.46. The third kappa shape index (κ3) is 3.90. The van der Waals surface area contributed by atoms with Crippen molar-refractivity contribution in [2.45, 2.75) is 13.0 Å². The van der Waals surface area contributed by atoms with Crippen molar-refractivity contribution in [1.82, 2.24) is 0 Å². The van der Waals surface area contributed by atoms with Crippen LogP contribution in [0.15, 0.2) is 18.2 Å². The molecule has 1 aromatic rings. The van der Waals surface area contributed by atoms with E-state index in [-0.39, 0.29) is 19.7 Å². The van der Waals surface area contributed by atoms with Crippen molar-refractivity contribution in [1.29, 1.82) is 0 Å². The van der Waals surface area contributed by atoms with E-state index in [1.54, 1.807) is 0 Å². The number of anilines is 1. The molecule has 0 aromatic heterocycles. The van der Waals surface area contributed by atoms with Gasteiger partial charge in [-0.1, -0.05) is 6.07 Å². The van der Waals surface area contributed by atoms with Gasteiger partial charge in [0.25, 0.3) is 6.43 Å². The SMILES string of the molecule is NCc1ccc(N(CCO)CC(F)F)cc1F. The van der Waals surface area contributed by atoms with Crippen LogP contribution in [0.5, 0.6) is 0 Å². The smallest absolute Gasteiger partial charge is 0.255 e. The zero-order chi connectivity index (χ0) is 12.8. The summed E-state index contributed by atoms with van der Waals surface area (Å²) in [5, 5.41) is 8.78. The molecule has 17 heavy (non-hydrogen) atoms. The van der Waals surface area contributed by atoms with Crippen LogP contribution in [0.4, 0.5) is 18.9 Å². The number of halogens is 3. The topological polar surface area (TPSA) is 49.5 Å². The van der Waals surface area contributed by atoms with Gasteiger partial charge in [0, 0.05) is 24.3 Å². The number of alkyl halides is 2. The molecule has 0 aliphatic carbocycles. The Hall–Kier alpha value is -1.27. The zero-order valence-electron chi connectivity index (χ0n) is 9.24.